The molecule has 130 valence electrons. The highest BCUT2D eigenvalue weighted by molar-refractivity contribution is 8.00. The first-order valence-corrected chi connectivity index (χ1v) is 8.36. The summed E-state index contributed by atoms with van der Waals surface area (Å²) in [6.45, 7) is 1.38. The van der Waals surface area contributed by atoms with Crippen molar-refractivity contribution in [2.24, 2.45) is 0 Å². The molecule has 1 amide bonds. The van der Waals surface area contributed by atoms with Crippen molar-refractivity contribution in [1.82, 2.24) is 10.2 Å². The SMILES string of the molecule is CNCCN(C)C(=O)C(Sc1ccc(F)cc1)c1ccccc1.Cl. The molecule has 0 bridgehead atoms. The molecule has 0 saturated heterocycles. The Hall–Kier alpha value is -1.56. The van der Waals surface area contributed by atoms with Gasteiger partial charge in [-0.05, 0) is 36.9 Å². The monoisotopic (exact) mass is 368 g/mol. The fourth-order valence-electron chi connectivity index (χ4n) is 2.13. The number of nitrogens with one attached hydrogen (secondary N) is 1. The van der Waals surface area contributed by atoms with Crippen molar-refractivity contribution in [2.75, 3.05) is 27.2 Å². The predicted octanol–water partition coefficient (Wildman–Crippen LogP) is 3.76. The molecule has 1 atom stereocenters. The third-order valence-electron chi connectivity index (χ3n) is 3.47. The standard InChI is InChI=1S/C18H21FN2OS.ClH/c1-20-12-13-21(2)18(22)17(14-6-4-3-5-7-14)23-16-10-8-15(19)9-11-16;/h3-11,17,20H,12-13H2,1-2H3;1H. The van der Waals surface area contributed by atoms with Gasteiger partial charge in [-0.2, -0.15) is 0 Å². The van der Waals surface area contributed by atoms with E-state index in [1.165, 1.54) is 23.9 Å². The Morgan fingerprint density at radius 1 is 1.17 bits per heavy atom. The average Bonchev–Trinajstić information content (AvgIpc) is 2.59. The van der Waals surface area contributed by atoms with Crippen LogP contribution < -0.4 is 5.32 Å². The van der Waals surface area contributed by atoms with Gasteiger partial charge >= 0.3 is 0 Å². The first-order valence-electron chi connectivity index (χ1n) is 7.48. The fraction of sp³-hybridized carbons (Fsp3) is 0.278. The van der Waals surface area contributed by atoms with Crippen LogP contribution in [0.3, 0.4) is 0 Å². The van der Waals surface area contributed by atoms with Crippen molar-refractivity contribution in [2.45, 2.75) is 10.1 Å². The van der Waals surface area contributed by atoms with E-state index in [0.717, 1.165) is 17.0 Å². The molecule has 0 aliphatic heterocycles. The minimum Gasteiger partial charge on any atom is -0.343 e. The molecule has 0 spiro atoms. The molecule has 0 heterocycles. The number of thioether (sulfide) groups is 1. The van der Waals surface area contributed by atoms with Gasteiger partial charge in [0.05, 0.1) is 0 Å². The van der Waals surface area contributed by atoms with Crippen LogP contribution in [0.1, 0.15) is 10.8 Å². The first kappa shape index (κ1) is 20.5. The van der Waals surface area contributed by atoms with E-state index in [9.17, 15) is 9.18 Å². The molecule has 0 radical (unpaired) electrons. The quantitative estimate of drug-likeness (QED) is 0.755. The largest absolute Gasteiger partial charge is 0.343 e. The summed E-state index contributed by atoms with van der Waals surface area (Å²) in [5, 5.41) is 2.70. The van der Waals surface area contributed by atoms with Gasteiger partial charge in [0.1, 0.15) is 11.1 Å². The molecule has 24 heavy (non-hydrogen) atoms. The molecule has 2 aromatic rings. The van der Waals surface area contributed by atoms with Crippen LogP contribution in [-0.2, 0) is 4.79 Å². The van der Waals surface area contributed by atoms with Crippen LogP contribution in [0.4, 0.5) is 4.39 Å². The van der Waals surface area contributed by atoms with E-state index in [2.05, 4.69) is 5.32 Å². The first-order chi connectivity index (χ1) is 11.1. The smallest absolute Gasteiger partial charge is 0.240 e. The number of amides is 1. The molecule has 0 fully saturated rings. The van der Waals surface area contributed by atoms with Gasteiger partial charge in [-0.3, -0.25) is 4.79 Å². The second kappa shape index (κ2) is 10.3. The van der Waals surface area contributed by atoms with Crippen LogP contribution in [0, 0.1) is 5.82 Å². The number of hydrogen-bond acceptors (Lipinski definition) is 3. The average molecular weight is 369 g/mol. The third kappa shape index (κ3) is 5.82. The molecule has 1 unspecified atom stereocenters. The molecule has 6 heteroatoms. The van der Waals surface area contributed by atoms with Crippen LogP contribution >= 0.6 is 24.2 Å². The summed E-state index contributed by atoms with van der Waals surface area (Å²) in [6.07, 6.45) is 0. The number of nitrogens with zero attached hydrogens (tertiary/aromatic N) is 1. The van der Waals surface area contributed by atoms with E-state index in [4.69, 9.17) is 0 Å². The molecule has 1 N–H and O–H groups in total. The van der Waals surface area contributed by atoms with Crippen molar-refractivity contribution in [3.63, 3.8) is 0 Å². The summed E-state index contributed by atoms with van der Waals surface area (Å²) >= 11 is 1.44. The molecule has 0 aliphatic rings. The second-order valence-electron chi connectivity index (χ2n) is 5.23. The highest BCUT2D eigenvalue weighted by Gasteiger charge is 2.24. The van der Waals surface area contributed by atoms with Crippen LogP contribution in [-0.4, -0.2) is 38.0 Å². The second-order valence-corrected chi connectivity index (χ2v) is 6.40. The predicted molar refractivity (Wildman–Crippen MR) is 100 cm³/mol. The van der Waals surface area contributed by atoms with E-state index >= 15 is 0 Å². The maximum atomic E-state index is 13.1. The lowest BCUT2D eigenvalue weighted by Crippen LogP contribution is -2.35. The number of benzene rings is 2. The number of likely N-dealkylation sites (N-methyl/N-ethyl adjacent to an activating group) is 2. The lowest BCUT2D eigenvalue weighted by molar-refractivity contribution is -0.129. The van der Waals surface area contributed by atoms with Crippen LogP contribution in [0.5, 0.6) is 0 Å². The molecule has 3 nitrogen and oxygen atoms in total. The van der Waals surface area contributed by atoms with E-state index < -0.39 is 0 Å². The van der Waals surface area contributed by atoms with Gasteiger partial charge < -0.3 is 10.2 Å². The van der Waals surface area contributed by atoms with Gasteiger partial charge in [-0.25, -0.2) is 4.39 Å². The Bertz CT molecular complexity index is 625. The third-order valence-corrected chi connectivity index (χ3v) is 4.72. The molecule has 2 rings (SSSR count). The molecule has 0 saturated carbocycles. The fourth-order valence-corrected chi connectivity index (χ4v) is 3.27. The topological polar surface area (TPSA) is 32.3 Å². The Labute approximate surface area is 153 Å². The number of hydrogen-bond donors (Lipinski definition) is 1. The van der Waals surface area contributed by atoms with Crippen LogP contribution in [0.2, 0.25) is 0 Å². The highest BCUT2D eigenvalue weighted by atomic mass is 35.5. The molecule has 2 aromatic carbocycles. The summed E-state index contributed by atoms with van der Waals surface area (Å²) < 4.78 is 13.1. The van der Waals surface area contributed by atoms with Crippen LogP contribution in [0.15, 0.2) is 59.5 Å². The number of rotatable bonds is 7. The maximum Gasteiger partial charge on any atom is 0.240 e. The number of carbonyl (C=O) groups is 1. The van der Waals surface area contributed by atoms with Gasteiger partial charge in [0.2, 0.25) is 5.91 Å². The Kier molecular flexibility index (Phi) is 8.82. The van der Waals surface area contributed by atoms with Gasteiger partial charge in [0.15, 0.2) is 0 Å². The summed E-state index contributed by atoms with van der Waals surface area (Å²) in [6, 6.07) is 15.9. The maximum absolute atomic E-state index is 13.1. The zero-order valence-electron chi connectivity index (χ0n) is 13.7. The van der Waals surface area contributed by atoms with Crippen molar-refractivity contribution < 1.29 is 9.18 Å². The Morgan fingerprint density at radius 3 is 2.38 bits per heavy atom. The van der Waals surface area contributed by atoms with E-state index in [1.54, 1.807) is 24.1 Å². The highest BCUT2D eigenvalue weighted by Crippen LogP contribution is 2.36. The van der Waals surface area contributed by atoms with Gasteiger partial charge in [-0.15, -0.1) is 24.2 Å². The summed E-state index contributed by atoms with van der Waals surface area (Å²) in [4.78, 5) is 15.4. The Morgan fingerprint density at radius 2 is 1.79 bits per heavy atom. The summed E-state index contributed by atoms with van der Waals surface area (Å²) in [7, 11) is 3.67. The van der Waals surface area contributed by atoms with Gasteiger partial charge in [0, 0.05) is 25.0 Å². The van der Waals surface area contributed by atoms with E-state index in [-0.39, 0.29) is 29.4 Å². The molecule has 0 aromatic heterocycles. The molecular weight excluding hydrogens is 347 g/mol. The normalized spacial score (nSPS) is 11.5. The lowest BCUT2D eigenvalue weighted by Gasteiger charge is -2.24. The van der Waals surface area contributed by atoms with E-state index in [0.29, 0.717) is 6.54 Å². The van der Waals surface area contributed by atoms with Crippen molar-refractivity contribution in [3.05, 3.63) is 66.0 Å². The van der Waals surface area contributed by atoms with Crippen molar-refractivity contribution in [1.29, 1.82) is 0 Å². The minimum absolute atomic E-state index is 0. The zero-order valence-corrected chi connectivity index (χ0v) is 15.4. The van der Waals surface area contributed by atoms with Gasteiger partial charge in [-0.1, -0.05) is 30.3 Å². The van der Waals surface area contributed by atoms with Gasteiger partial charge in [0.25, 0.3) is 0 Å². The molecule has 0 aliphatic carbocycles. The van der Waals surface area contributed by atoms with Crippen molar-refractivity contribution >= 4 is 30.1 Å². The minimum atomic E-state index is -0.344. The number of halogens is 2. The molecular formula is C18H22ClFN2OS. The number of carbonyl (C=O) groups excluding carboxylic acids is 1. The lowest BCUT2D eigenvalue weighted by atomic mass is 10.1. The summed E-state index contributed by atoms with van der Waals surface area (Å²) in [5.41, 5.74) is 0.947. The zero-order chi connectivity index (χ0) is 16.7. The summed E-state index contributed by atoms with van der Waals surface area (Å²) in [5.74, 6) is -0.233. The van der Waals surface area contributed by atoms with Crippen molar-refractivity contribution in [3.8, 4) is 0 Å². The Balaban J connectivity index is 0.00000288. The van der Waals surface area contributed by atoms with Crippen LogP contribution in [0.25, 0.3) is 0 Å². The van der Waals surface area contributed by atoms with E-state index in [1.807, 2.05) is 37.4 Å².